The predicted octanol–water partition coefficient (Wildman–Crippen LogP) is 5.19. The van der Waals surface area contributed by atoms with Crippen LogP contribution in [0.3, 0.4) is 0 Å². The van der Waals surface area contributed by atoms with Gasteiger partial charge in [0.05, 0.1) is 24.3 Å². The number of halogens is 1. The van der Waals surface area contributed by atoms with Crippen LogP contribution in [0.1, 0.15) is 40.7 Å². The molecule has 0 aromatic heterocycles. The number of phenolic OH excluding ortho intramolecular Hbond substituents is 1. The molecule has 2 aliphatic rings. The van der Waals surface area contributed by atoms with E-state index in [1.165, 1.54) is 6.07 Å². The Labute approximate surface area is 252 Å². The summed E-state index contributed by atoms with van der Waals surface area (Å²) in [5, 5.41) is 30.0. The summed E-state index contributed by atoms with van der Waals surface area (Å²) in [5.74, 6) is 0.453. The van der Waals surface area contributed by atoms with Crippen molar-refractivity contribution < 1.29 is 29.6 Å². The van der Waals surface area contributed by atoms with Crippen molar-refractivity contribution in [2.24, 2.45) is 0 Å². The van der Waals surface area contributed by atoms with Crippen molar-refractivity contribution >= 4 is 17.6 Å². The summed E-state index contributed by atoms with van der Waals surface area (Å²) in [6, 6.07) is 13.8. The van der Waals surface area contributed by atoms with Gasteiger partial charge in [-0.05, 0) is 72.6 Å². The number of likely N-dealkylation sites (tertiary alicyclic amines) is 1. The highest BCUT2D eigenvalue weighted by molar-refractivity contribution is 6.33. The highest BCUT2D eigenvalue weighted by Gasteiger charge is 2.25. The van der Waals surface area contributed by atoms with Crippen LogP contribution in [-0.4, -0.2) is 76.5 Å². The highest BCUT2D eigenvalue weighted by atomic mass is 35.5. The first kappa shape index (κ1) is 30.2. The number of ether oxygens (including phenoxy) is 2. The Balaban J connectivity index is 1.26. The van der Waals surface area contributed by atoms with Crippen LogP contribution in [0.25, 0.3) is 11.1 Å². The predicted molar refractivity (Wildman–Crippen MR) is 163 cm³/mol. The molecule has 2 aliphatic heterocycles. The van der Waals surface area contributed by atoms with Gasteiger partial charge >= 0.3 is 5.97 Å². The van der Waals surface area contributed by atoms with E-state index in [4.69, 9.17) is 26.2 Å². The van der Waals surface area contributed by atoms with Gasteiger partial charge in [0.25, 0.3) is 0 Å². The molecular formula is C33H39ClN2O6. The van der Waals surface area contributed by atoms with Gasteiger partial charge in [-0.2, -0.15) is 0 Å². The van der Waals surface area contributed by atoms with Crippen LogP contribution in [0, 0.1) is 13.8 Å². The van der Waals surface area contributed by atoms with Crippen molar-refractivity contribution in [3.63, 3.8) is 0 Å². The van der Waals surface area contributed by atoms with Crippen LogP contribution in [0.2, 0.25) is 5.02 Å². The molecule has 3 N–H and O–H groups in total. The Morgan fingerprint density at radius 1 is 1.00 bits per heavy atom. The second-order valence-electron chi connectivity index (χ2n) is 11.3. The summed E-state index contributed by atoms with van der Waals surface area (Å²) in [4.78, 5) is 15.2. The van der Waals surface area contributed by atoms with E-state index in [1.54, 1.807) is 4.90 Å². The molecule has 0 bridgehead atoms. The fourth-order valence-electron chi connectivity index (χ4n) is 5.99. The summed E-state index contributed by atoms with van der Waals surface area (Å²) < 4.78 is 12.3. The molecule has 1 unspecified atom stereocenters. The molecule has 0 aliphatic carbocycles. The monoisotopic (exact) mass is 594 g/mol. The first-order valence-corrected chi connectivity index (χ1v) is 14.9. The first-order valence-electron chi connectivity index (χ1n) is 14.5. The van der Waals surface area contributed by atoms with Gasteiger partial charge in [-0.25, -0.2) is 0 Å². The van der Waals surface area contributed by atoms with Crippen molar-refractivity contribution in [3.05, 3.63) is 75.3 Å². The first-order chi connectivity index (χ1) is 20.2. The maximum absolute atomic E-state index is 11.1. The van der Waals surface area contributed by atoms with E-state index < -0.39 is 5.97 Å². The van der Waals surface area contributed by atoms with Gasteiger partial charge in [-0.1, -0.05) is 41.9 Å². The molecule has 2 heterocycles. The smallest absolute Gasteiger partial charge is 0.317 e. The molecule has 1 fully saturated rings. The van der Waals surface area contributed by atoms with Gasteiger partial charge < -0.3 is 29.7 Å². The fraction of sp³-hybridized carbons (Fsp3) is 0.424. The number of aliphatic hydroxyl groups excluding tert-OH is 1. The minimum atomic E-state index is -0.897. The van der Waals surface area contributed by atoms with E-state index in [2.05, 4.69) is 30.9 Å². The Bertz CT molecular complexity index is 1440. The lowest BCUT2D eigenvalue weighted by molar-refractivity contribution is -0.138. The molecule has 0 radical (unpaired) electrons. The lowest BCUT2D eigenvalue weighted by atomic mass is 9.93. The van der Waals surface area contributed by atoms with Crippen LogP contribution in [-0.2, 0) is 24.4 Å². The molecule has 1 saturated heterocycles. The lowest BCUT2D eigenvalue weighted by Gasteiger charge is -2.29. The largest absolute Gasteiger partial charge is 0.507 e. The van der Waals surface area contributed by atoms with Gasteiger partial charge in [0, 0.05) is 44.4 Å². The average Bonchev–Trinajstić information content (AvgIpc) is 3.38. The third kappa shape index (κ3) is 6.84. The third-order valence-electron chi connectivity index (χ3n) is 8.37. The second-order valence-corrected chi connectivity index (χ2v) is 11.6. The normalized spacial score (nSPS) is 17.3. The molecule has 0 amide bonds. The number of aromatic hydroxyl groups is 1. The van der Waals surface area contributed by atoms with E-state index in [1.807, 2.05) is 24.3 Å². The molecule has 224 valence electrons. The third-order valence-corrected chi connectivity index (χ3v) is 8.78. The van der Waals surface area contributed by atoms with Crippen LogP contribution < -0.4 is 9.47 Å². The zero-order valence-corrected chi connectivity index (χ0v) is 25.0. The summed E-state index contributed by atoms with van der Waals surface area (Å²) >= 11 is 6.72. The number of aliphatic hydroxyl groups is 1. The van der Waals surface area contributed by atoms with Crippen molar-refractivity contribution in [3.8, 4) is 28.4 Å². The summed E-state index contributed by atoms with van der Waals surface area (Å²) in [7, 11) is 0. The summed E-state index contributed by atoms with van der Waals surface area (Å²) in [6.07, 6.45) is 2.10. The maximum Gasteiger partial charge on any atom is 0.317 e. The number of benzene rings is 3. The molecule has 5 rings (SSSR count). The number of fused-ring (bicyclic) bond motifs is 1. The van der Waals surface area contributed by atoms with Crippen molar-refractivity contribution in [1.82, 2.24) is 9.80 Å². The molecule has 3 aromatic rings. The van der Waals surface area contributed by atoms with E-state index in [0.29, 0.717) is 42.5 Å². The quantitative estimate of drug-likeness (QED) is 0.261. The van der Waals surface area contributed by atoms with Gasteiger partial charge in [-0.3, -0.25) is 9.69 Å². The van der Waals surface area contributed by atoms with Gasteiger partial charge in [-0.15, -0.1) is 0 Å². The Morgan fingerprint density at radius 2 is 1.76 bits per heavy atom. The molecular weight excluding hydrogens is 556 g/mol. The second kappa shape index (κ2) is 13.3. The van der Waals surface area contributed by atoms with Crippen LogP contribution >= 0.6 is 11.6 Å². The van der Waals surface area contributed by atoms with Gasteiger partial charge in [0.1, 0.15) is 23.9 Å². The molecule has 0 spiro atoms. The molecule has 8 nitrogen and oxygen atoms in total. The van der Waals surface area contributed by atoms with Crippen molar-refractivity contribution in [2.75, 3.05) is 39.3 Å². The standard InChI is InChI=1S/C33H39ClN2O6/c1-21-23(20-42-31-16-29(38)28-18-36(19-32(39)40)14-11-27(28)33(31)34)6-3-7-25(21)26-8-4-9-30(22(26)2)41-15-5-12-35-13-10-24(37)17-35/h3-4,6-9,16,24,37-38H,5,10-15,17-20H2,1-2H3,(H,39,40). The number of rotatable bonds is 11. The SMILES string of the molecule is Cc1c(COc2cc(O)c3c(c2Cl)CCN(CC(=O)O)C3)cccc1-c1cccc(OCCCN2CCC(O)C2)c1C. The summed E-state index contributed by atoms with van der Waals surface area (Å²) in [6.45, 7) is 8.48. The van der Waals surface area contributed by atoms with Gasteiger partial charge in [0.2, 0.25) is 0 Å². The van der Waals surface area contributed by atoms with Gasteiger partial charge in [0.15, 0.2) is 0 Å². The number of hydrogen-bond donors (Lipinski definition) is 3. The average molecular weight is 595 g/mol. The minimum absolute atomic E-state index is 0.0652. The highest BCUT2D eigenvalue weighted by Crippen LogP contribution is 2.40. The molecule has 1 atom stereocenters. The summed E-state index contributed by atoms with van der Waals surface area (Å²) in [5.41, 5.74) is 6.84. The lowest BCUT2D eigenvalue weighted by Crippen LogP contribution is -2.35. The molecule has 9 heteroatoms. The van der Waals surface area contributed by atoms with E-state index in [9.17, 15) is 15.0 Å². The van der Waals surface area contributed by atoms with E-state index in [-0.39, 0.29) is 25.0 Å². The van der Waals surface area contributed by atoms with Crippen LogP contribution in [0.4, 0.5) is 0 Å². The van der Waals surface area contributed by atoms with Crippen LogP contribution in [0.15, 0.2) is 42.5 Å². The Kier molecular flexibility index (Phi) is 9.58. The number of aliphatic carboxylic acids is 1. The Morgan fingerprint density at radius 3 is 2.50 bits per heavy atom. The topological polar surface area (TPSA) is 103 Å². The number of hydrogen-bond acceptors (Lipinski definition) is 7. The Hall–Kier alpha value is -3.30. The number of carboxylic acids is 1. The molecule has 42 heavy (non-hydrogen) atoms. The minimum Gasteiger partial charge on any atom is -0.507 e. The van der Waals surface area contributed by atoms with Crippen molar-refractivity contribution in [1.29, 1.82) is 0 Å². The van der Waals surface area contributed by atoms with E-state index >= 15 is 0 Å². The molecule has 0 saturated carbocycles. The number of β-amino-alcohol motifs (C(OH)–C–C–N with tert-alkyl or cyclic N) is 1. The zero-order valence-electron chi connectivity index (χ0n) is 24.2. The number of phenols is 1. The molecule has 3 aromatic carbocycles. The zero-order chi connectivity index (χ0) is 29.8. The maximum atomic E-state index is 11.1. The van der Waals surface area contributed by atoms with Crippen LogP contribution in [0.5, 0.6) is 17.2 Å². The number of carboxylic acid groups (broad SMARTS) is 1. The van der Waals surface area contributed by atoms with Crippen molar-refractivity contribution in [2.45, 2.75) is 52.4 Å². The number of nitrogens with zero attached hydrogens (tertiary/aromatic N) is 2. The fourth-order valence-corrected chi connectivity index (χ4v) is 6.30. The number of carbonyl (C=O) groups is 1. The van der Waals surface area contributed by atoms with E-state index in [0.717, 1.165) is 71.6 Å².